The highest BCUT2D eigenvalue weighted by Gasteiger charge is 2.04. The molecule has 2 aromatic rings. The number of hydrogen-bond donors (Lipinski definition) is 1. The smallest absolute Gasteiger partial charge is 0.0660 e. The summed E-state index contributed by atoms with van der Waals surface area (Å²) in [4.78, 5) is 0. The van der Waals surface area contributed by atoms with Gasteiger partial charge in [-0.25, -0.2) is 0 Å². The van der Waals surface area contributed by atoms with Crippen molar-refractivity contribution in [1.29, 1.82) is 0 Å². The fourth-order valence-electron chi connectivity index (χ4n) is 2.28. The lowest BCUT2D eigenvalue weighted by atomic mass is 10.0. The Morgan fingerprint density at radius 2 is 2.00 bits per heavy atom. The maximum atomic E-state index is 4.25. The average molecular weight is 271 g/mol. The molecule has 1 aromatic heterocycles. The predicted molar refractivity (Wildman–Crippen MR) is 84.9 cm³/mol. The van der Waals surface area contributed by atoms with E-state index in [1.807, 2.05) is 23.1 Å². The van der Waals surface area contributed by atoms with Gasteiger partial charge in [0.1, 0.15) is 0 Å². The summed E-state index contributed by atoms with van der Waals surface area (Å²) in [6.45, 7) is 7.63. The summed E-state index contributed by atoms with van der Waals surface area (Å²) in [5.74, 6) is 0.769. The van der Waals surface area contributed by atoms with Gasteiger partial charge in [-0.3, -0.25) is 4.68 Å². The third-order valence-corrected chi connectivity index (χ3v) is 3.42. The Balaban J connectivity index is 1.92. The number of nitrogens with zero attached hydrogens (tertiary/aromatic N) is 2. The van der Waals surface area contributed by atoms with Gasteiger partial charge >= 0.3 is 0 Å². The van der Waals surface area contributed by atoms with E-state index in [2.05, 4.69) is 55.5 Å². The SMILES string of the molecule is CC(C)CCC(C)Nc1cccc(Cn2cccn2)c1. The molecular weight excluding hydrogens is 246 g/mol. The minimum atomic E-state index is 0.511. The Kier molecular flexibility index (Phi) is 5.22. The van der Waals surface area contributed by atoms with Crippen molar-refractivity contribution in [3.8, 4) is 0 Å². The Morgan fingerprint density at radius 1 is 1.15 bits per heavy atom. The molecule has 1 atom stereocenters. The fourth-order valence-corrected chi connectivity index (χ4v) is 2.28. The van der Waals surface area contributed by atoms with Crippen molar-refractivity contribution < 1.29 is 0 Å². The van der Waals surface area contributed by atoms with E-state index < -0.39 is 0 Å². The van der Waals surface area contributed by atoms with Crippen LogP contribution >= 0.6 is 0 Å². The first kappa shape index (κ1) is 14.6. The molecule has 3 heteroatoms. The average Bonchev–Trinajstić information content (AvgIpc) is 2.89. The van der Waals surface area contributed by atoms with E-state index in [1.54, 1.807) is 0 Å². The van der Waals surface area contributed by atoms with E-state index in [0.717, 1.165) is 12.5 Å². The van der Waals surface area contributed by atoms with Gasteiger partial charge in [-0.15, -0.1) is 0 Å². The highest BCUT2D eigenvalue weighted by atomic mass is 15.3. The van der Waals surface area contributed by atoms with Crippen molar-refractivity contribution in [2.24, 2.45) is 5.92 Å². The van der Waals surface area contributed by atoms with Crippen LogP contribution in [0.5, 0.6) is 0 Å². The molecule has 1 aromatic carbocycles. The number of rotatable bonds is 7. The molecule has 20 heavy (non-hydrogen) atoms. The summed E-state index contributed by atoms with van der Waals surface area (Å²) in [6.07, 6.45) is 6.28. The van der Waals surface area contributed by atoms with Crippen LogP contribution < -0.4 is 5.32 Å². The van der Waals surface area contributed by atoms with Gasteiger partial charge in [0.25, 0.3) is 0 Å². The van der Waals surface area contributed by atoms with Crippen molar-refractivity contribution in [3.63, 3.8) is 0 Å². The molecule has 0 radical (unpaired) electrons. The highest BCUT2D eigenvalue weighted by molar-refractivity contribution is 5.46. The molecule has 0 aliphatic heterocycles. The van der Waals surface area contributed by atoms with Crippen LogP contribution in [0.1, 0.15) is 39.2 Å². The molecule has 108 valence electrons. The Labute approximate surface area is 122 Å². The quantitative estimate of drug-likeness (QED) is 0.819. The largest absolute Gasteiger partial charge is 0.383 e. The lowest BCUT2D eigenvalue weighted by Crippen LogP contribution is -2.16. The molecule has 2 rings (SSSR count). The van der Waals surface area contributed by atoms with E-state index in [9.17, 15) is 0 Å². The van der Waals surface area contributed by atoms with Crippen LogP contribution in [-0.2, 0) is 6.54 Å². The monoisotopic (exact) mass is 271 g/mol. The summed E-state index contributed by atoms with van der Waals surface area (Å²) in [7, 11) is 0. The van der Waals surface area contributed by atoms with E-state index in [4.69, 9.17) is 0 Å². The number of hydrogen-bond acceptors (Lipinski definition) is 2. The lowest BCUT2D eigenvalue weighted by molar-refractivity contribution is 0.527. The molecule has 0 spiro atoms. The molecule has 1 unspecified atom stereocenters. The van der Waals surface area contributed by atoms with E-state index in [0.29, 0.717) is 6.04 Å². The van der Waals surface area contributed by atoms with Gasteiger partial charge in [0, 0.05) is 24.1 Å². The van der Waals surface area contributed by atoms with Crippen molar-refractivity contribution >= 4 is 5.69 Å². The summed E-state index contributed by atoms with van der Waals surface area (Å²) in [6, 6.07) is 11.1. The zero-order chi connectivity index (χ0) is 14.4. The second-order valence-corrected chi connectivity index (χ2v) is 5.92. The number of aromatic nitrogens is 2. The van der Waals surface area contributed by atoms with E-state index in [1.165, 1.54) is 24.1 Å². The van der Waals surface area contributed by atoms with E-state index in [-0.39, 0.29) is 0 Å². The van der Waals surface area contributed by atoms with Gasteiger partial charge in [-0.05, 0) is 49.4 Å². The van der Waals surface area contributed by atoms with Gasteiger partial charge in [-0.2, -0.15) is 5.10 Å². The van der Waals surface area contributed by atoms with Gasteiger partial charge in [-0.1, -0.05) is 26.0 Å². The predicted octanol–water partition coefficient (Wildman–Crippen LogP) is 4.17. The second-order valence-electron chi connectivity index (χ2n) is 5.92. The van der Waals surface area contributed by atoms with Crippen molar-refractivity contribution in [2.75, 3.05) is 5.32 Å². The summed E-state index contributed by atoms with van der Waals surface area (Å²) < 4.78 is 1.95. The Morgan fingerprint density at radius 3 is 2.70 bits per heavy atom. The second kappa shape index (κ2) is 7.13. The number of benzene rings is 1. The highest BCUT2D eigenvalue weighted by Crippen LogP contribution is 2.15. The third kappa shape index (κ3) is 4.72. The van der Waals surface area contributed by atoms with Gasteiger partial charge in [0.15, 0.2) is 0 Å². The minimum absolute atomic E-state index is 0.511. The van der Waals surface area contributed by atoms with Crippen LogP contribution in [0.2, 0.25) is 0 Å². The molecule has 1 N–H and O–H groups in total. The Bertz CT molecular complexity index is 503. The molecule has 1 heterocycles. The Hall–Kier alpha value is -1.77. The van der Waals surface area contributed by atoms with E-state index >= 15 is 0 Å². The number of anilines is 1. The molecule has 0 aliphatic rings. The summed E-state index contributed by atoms with van der Waals surface area (Å²) in [5.41, 5.74) is 2.47. The van der Waals surface area contributed by atoms with Crippen molar-refractivity contribution in [3.05, 3.63) is 48.3 Å². The fraction of sp³-hybridized carbons (Fsp3) is 0.471. The molecular formula is C17H25N3. The summed E-state index contributed by atoms with van der Waals surface area (Å²) in [5, 5.41) is 7.83. The topological polar surface area (TPSA) is 29.9 Å². The van der Waals surface area contributed by atoms with Crippen molar-refractivity contribution in [2.45, 2.75) is 46.2 Å². The molecule has 0 fully saturated rings. The van der Waals surface area contributed by atoms with Gasteiger partial charge in [0.2, 0.25) is 0 Å². The third-order valence-electron chi connectivity index (χ3n) is 3.42. The first-order valence-electron chi connectivity index (χ1n) is 7.46. The zero-order valence-corrected chi connectivity index (χ0v) is 12.7. The standard InChI is InChI=1S/C17H25N3/c1-14(2)8-9-15(3)19-17-7-4-6-16(12-17)13-20-11-5-10-18-20/h4-7,10-12,14-15,19H,8-9,13H2,1-3H3. The molecule has 0 bridgehead atoms. The maximum absolute atomic E-state index is 4.25. The maximum Gasteiger partial charge on any atom is 0.0660 e. The molecule has 3 nitrogen and oxygen atoms in total. The molecule has 0 aliphatic carbocycles. The first-order valence-corrected chi connectivity index (χ1v) is 7.46. The van der Waals surface area contributed by atoms with Crippen LogP contribution in [0, 0.1) is 5.92 Å². The molecule has 0 saturated heterocycles. The van der Waals surface area contributed by atoms with Gasteiger partial charge in [0.05, 0.1) is 6.54 Å². The lowest BCUT2D eigenvalue weighted by Gasteiger charge is -2.17. The van der Waals surface area contributed by atoms with Crippen LogP contribution in [0.15, 0.2) is 42.7 Å². The first-order chi connectivity index (χ1) is 9.63. The van der Waals surface area contributed by atoms with Crippen LogP contribution in [0.4, 0.5) is 5.69 Å². The van der Waals surface area contributed by atoms with Crippen molar-refractivity contribution in [1.82, 2.24) is 9.78 Å². The normalized spacial score (nSPS) is 12.6. The van der Waals surface area contributed by atoms with Crippen LogP contribution in [0.25, 0.3) is 0 Å². The molecule has 0 saturated carbocycles. The zero-order valence-electron chi connectivity index (χ0n) is 12.7. The minimum Gasteiger partial charge on any atom is -0.383 e. The number of nitrogens with one attached hydrogen (secondary N) is 1. The van der Waals surface area contributed by atoms with Crippen LogP contribution in [-0.4, -0.2) is 15.8 Å². The van der Waals surface area contributed by atoms with Gasteiger partial charge < -0.3 is 5.32 Å². The molecule has 0 amide bonds. The summed E-state index contributed by atoms with van der Waals surface area (Å²) >= 11 is 0. The van der Waals surface area contributed by atoms with Crippen LogP contribution in [0.3, 0.4) is 0 Å².